The summed E-state index contributed by atoms with van der Waals surface area (Å²) in [7, 11) is 0. The summed E-state index contributed by atoms with van der Waals surface area (Å²) in [5, 5.41) is 4.21. The first-order valence-electron chi connectivity index (χ1n) is 9.81. The number of aromatic nitrogens is 2. The SMILES string of the molecule is S=C1NC(c2ccccn2)C(c2cccn2-c2ccc(Br)cc2)N1c1ccc(Br)cc1. The van der Waals surface area contributed by atoms with Gasteiger partial charge in [0.1, 0.15) is 6.04 Å². The number of halogens is 2. The first-order valence-corrected chi connectivity index (χ1v) is 11.8. The molecule has 0 amide bonds. The molecule has 4 nitrogen and oxygen atoms in total. The molecule has 4 aromatic rings. The molecule has 3 heterocycles. The third-order valence-electron chi connectivity index (χ3n) is 5.39. The van der Waals surface area contributed by atoms with Crippen LogP contribution in [0.1, 0.15) is 23.5 Å². The molecule has 1 aliphatic rings. The molecule has 1 saturated heterocycles. The fraction of sp³-hybridized carbons (Fsp3) is 0.0833. The second kappa shape index (κ2) is 8.57. The average Bonchev–Trinajstić information content (AvgIpc) is 3.40. The Labute approximate surface area is 203 Å². The summed E-state index contributed by atoms with van der Waals surface area (Å²) < 4.78 is 4.30. The maximum Gasteiger partial charge on any atom is 0.174 e. The van der Waals surface area contributed by atoms with Crippen molar-refractivity contribution in [2.45, 2.75) is 12.1 Å². The normalized spacial score (nSPS) is 18.3. The summed E-state index contributed by atoms with van der Waals surface area (Å²) in [6, 6.07) is 26.6. The Bertz CT molecular complexity index is 1210. The second-order valence-electron chi connectivity index (χ2n) is 7.25. The molecule has 0 radical (unpaired) electrons. The van der Waals surface area contributed by atoms with Gasteiger partial charge in [-0.25, -0.2) is 0 Å². The molecule has 5 rings (SSSR count). The highest BCUT2D eigenvalue weighted by atomic mass is 79.9. The second-order valence-corrected chi connectivity index (χ2v) is 9.47. The summed E-state index contributed by atoms with van der Waals surface area (Å²) in [5.41, 5.74) is 4.22. The van der Waals surface area contributed by atoms with Crippen LogP contribution in [0.3, 0.4) is 0 Å². The molecule has 2 aromatic heterocycles. The lowest BCUT2D eigenvalue weighted by atomic mass is 10.0. The predicted octanol–water partition coefficient (Wildman–Crippen LogP) is 6.57. The first-order chi connectivity index (χ1) is 15.1. The van der Waals surface area contributed by atoms with E-state index < -0.39 is 0 Å². The lowest BCUT2D eigenvalue weighted by Crippen LogP contribution is -2.30. The fourth-order valence-electron chi connectivity index (χ4n) is 4.01. The number of hydrogen-bond donors (Lipinski definition) is 1. The van der Waals surface area contributed by atoms with E-state index in [1.54, 1.807) is 0 Å². The number of hydrogen-bond acceptors (Lipinski definition) is 2. The van der Waals surface area contributed by atoms with E-state index in [9.17, 15) is 0 Å². The first kappa shape index (κ1) is 20.4. The van der Waals surface area contributed by atoms with Crippen LogP contribution in [0.25, 0.3) is 5.69 Å². The van der Waals surface area contributed by atoms with Gasteiger partial charge in [0.05, 0.1) is 11.7 Å². The zero-order chi connectivity index (χ0) is 21.4. The summed E-state index contributed by atoms with van der Waals surface area (Å²) in [6.45, 7) is 0. The molecule has 2 atom stereocenters. The van der Waals surface area contributed by atoms with Crippen LogP contribution in [0.15, 0.2) is 100 Å². The van der Waals surface area contributed by atoms with Crippen molar-refractivity contribution in [3.8, 4) is 5.69 Å². The molecule has 0 saturated carbocycles. The fourth-order valence-corrected chi connectivity index (χ4v) is 4.88. The quantitative estimate of drug-likeness (QED) is 0.290. The minimum atomic E-state index is -0.0820. The number of anilines is 1. The largest absolute Gasteiger partial charge is 0.351 e. The summed E-state index contributed by atoms with van der Waals surface area (Å²) in [5.74, 6) is 0. The third kappa shape index (κ3) is 3.93. The van der Waals surface area contributed by atoms with Gasteiger partial charge >= 0.3 is 0 Å². The van der Waals surface area contributed by atoms with Crippen LogP contribution in [0.2, 0.25) is 0 Å². The van der Waals surface area contributed by atoms with Crippen molar-refractivity contribution < 1.29 is 0 Å². The van der Waals surface area contributed by atoms with Crippen molar-refractivity contribution in [3.63, 3.8) is 0 Å². The zero-order valence-electron chi connectivity index (χ0n) is 16.3. The van der Waals surface area contributed by atoms with Gasteiger partial charge in [0.25, 0.3) is 0 Å². The monoisotopic (exact) mass is 552 g/mol. The van der Waals surface area contributed by atoms with Crippen LogP contribution < -0.4 is 10.2 Å². The number of benzene rings is 2. The van der Waals surface area contributed by atoms with Crippen molar-refractivity contribution >= 4 is 54.9 Å². The van der Waals surface area contributed by atoms with Gasteiger partial charge in [-0.2, -0.15) is 0 Å². The number of nitrogens with zero attached hydrogens (tertiary/aromatic N) is 3. The van der Waals surface area contributed by atoms with Crippen LogP contribution in [-0.2, 0) is 0 Å². The van der Waals surface area contributed by atoms with E-state index in [4.69, 9.17) is 12.2 Å². The van der Waals surface area contributed by atoms with E-state index in [-0.39, 0.29) is 12.1 Å². The van der Waals surface area contributed by atoms with Gasteiger partial charge in [0.2, 0.25) is 0 Å². The van der Waals surface area contributed by atoms with Crippen molar-refractivity contribution in [2.24, 2.45) is 0 Å². The smallest absolute Gasteiger partial charge is 0.174 e. The van der Waals surface area contributed by atoms with Gasteiger partial charge in [-0.15, -0.1) is 0 Å². The Morgan fingerprint density at radius 1 is 0.806 bits per heavy atom. The predicted molar refractivity (Wildman–Crippen MR) is 136 cm³/mol. The minimum Gasteiger partial charge on any atom is -0.351 e. The van der Waals surface area contributed by atoms with Gasteiger partial charge in [-0.1, -0.05) is 37.9 Å². The summed E-state index contributed by atoms with van der Waals surface area (Å²) >= 11 is 12.9. The van der Waals surface area contributed by atoms with Crippen molar-refractivity contribution in [1.29, 1.82) is 0 Å². The Balaban J connectivity index is 1.66. The highest BCUT2D eigenvalue weighted by molar-refractivity contribution is 9.10. The van der Waals surface area contributed by atoms with Crippen LogP contribution in [0.5, 0.6) is 0 Å². The van der Waals surface area contributed by atoms with Gasteiger partial charge in [-0.3, -0.25) is 4.98 Å². The number of nitrogens with one attached hydrogen (secondary N) is 1. The van der Waals surface area contributed by atoms with Gasteiger partial charge < -0.3 is 14.8 Å². The van der Waals surface area contributed by atoms with E-state index in [0.29, 0.717) is 5.11 Å². The van der Waals surface area contributed by atoms with E-state index in [0.717, 1.165) is 31.7 Å². The Hall–Kier alpha value is -2.48. The van der Waals surface area contributed by atoms with Crippen molar-refractivity contribution in [2.75, 3.05) is 4.90 Å². The molecule has 7 heteroatoms. The average molecular weight is 554 g/mol. The highest BCUT2D eigenvalue weighted by Gasteiger charge is 2.42. The molecule has 0 bridgehead atoms. The molecular formula is C24H18Br2N4S. The molecule has 2 aromatic carbocycles. The third-order valence-corrected chi connectivity index (χ3v) is 6.76. The molecule has 154 valence electrons. The van der Waals surface area contributed by atoms with E-state index in [1.165, 1.54) is 0 Å². The summed E-state index contributed by atoms with van der Waals surface area (Å²) in [6.07, 6.45) is 3.92. The highest BCUT2D eigenvalue weighted by Crippen LogP contribution is 2.42. The van der Waals surface area contributed by atoms with Crippen LogP contribution >= 0.6 is 44.1 Å². The van der Waals surface area contributed by atoms with Crippen LogP contribution in [0, 0.1) is 0 Å². The van der Waals surface area contributed by atoms with E-state index in [2.05, 4.69) is 106 Å². The molecule has 0 aliphatic carbocycles. The van der Waals surface area contributed by atoms with Gasteiger partial charge in [0.15, 0.2) is 5.11 Å². The maximum absolute atomic E-state index is 5.82. The summed E-state index contributed by atoms with van der Waals surface area (Å²) in [4.78, 5) is 6.83. The van der Waals surface area contributed by atoms with Crippen molar-refractivity contribution in [3.05, 3.63) is 112 Å². The lowest BCUT2D eigenvalue weighted by Gasteiger charge is -2.29. The molecule has 1 aliphatic heterocycles. The molecule has 1 N–H and O–H groups in total. The topological polar surface area (TPSA) is 33.1 Å². The molecular weight excluding hydrogens is 536 g/mol. The van der Waals surface area contributed by atoms with Gasteiger partial charge in [0, 0.05) is 38.4 Å². The number of rotatable bonds is 4. The Kier molecular flexibility index (Phi) is 5.65. The zero-order valence-corrected chi connectivity index (χ0v) is 20.3. The van der Waals surface area contributed by atoms with E-state index >= 15 is 0 Å². The molecule has 0 spiro atoms. The Morgan fingerprint density at radius 2 is 1.48 bits per heavy atom. The Morgan fingerprint density at radius 3 is 2.13 bits per heavy atom. The standard InChI is InChI=1S/C24H18Br2N4S/c25-16-6-10-18(11-7-16)29-15-3-5-21(29)23-22(20-4-1-2-14-27-20)28-24(31)30(23)19-12-8-17(26)9-13-19/h1-15,22-23H,(H,28,31). The molecule has 2 unspecified atom stereocenters. The number of thiocarbonyl (C=S) groups is 1. The van der Waals surface area contributed by atoms with E-state index in [1.807, 2.05) is 36.5 Å². The number of pyridine rings is 1. The molecule has 1 fully saturated rings. The maximum atomic E-state index is 5.82. The van der Waals surface area contributed by atoms with Crippen LogP contribution in [0.4, 0.5) is 5.69 Å². The lowest BCUT2D eigenvalue weighted by molar-refractivity contribution is 0.549. The molecule has 31 heavy (non-hydrogen) atoms. The van der Waals surface area contributed by atoms with Crippen LogP contribution in [-0.4, -0.2) is 14.7 Å². The van der Waals surface area contributed by atoms with Crippen molar-refractivity contribution in [1.82, 2.24) is 14.9 Å². The minimum absolute atomic E-state index is 0.0674. The van der Waals surface area contributed by atoms with Gasteiger partial charge in [-0.05, 0) is 85.0 Å².